The van der Waals surface area contributed by atoms with Crippen LogP contribution in [0.25, 0.3) is 0 Å². The lowest BCUT2D eigenvalue weighted by molar-refractivity contribution is -0.125. The highest BCUT2D eigenvalue weighted by atomic mass is 16.2. The van der Waals surface area contributed by atoms with Gasteiger partial charge in [-0.3, -0.25) is 14.5 Å². The molecule has 0 aliphatic carbocycles. The highest BCUT2D eigenvalue weighted by Crippen LogP contribution is 2.18. The number of carbonyl (C=O) groups is 3. The molecular formula is C15H17N3O3. The number of urea groups is 1. The molecule has 0 radical (unpaired) electrons. The molecule has 21 heavy (non-hydrogen) atoms. The Morgan fingerprint density at radius 3 is 2.52 bits per heavy atom. The summed E-state index contributed by atoms with van der Waals surface area (Å²) in [5, 5.41) is 2.49. The summed E-state index contributed by atoms with van der Waals surface area (Å²) in [6.07, 6.45) is 2.06. The summed E-state index contributed by atoms with van der Waals surface area (Å²) in [5.74, 6) is -0.279. The van der Waals surface area contributed by atoms with Gasteiger partial charge in [-0.2, -0.15) is 0 Å². The topological polar surface area (TPSA) is 69.7 Å². The van der Waals surface area contributed by atoms with Crippen molar-refractivity contribution in [2.24, 2.45) is 0 Å². The van der Waals surface area contributed by atoms with Crippen LogP contribution in [-0.2, 0) is 11.3 Å². The van der Waals surface area contributed by atoms with E-state index in [9.17, 15) is 14.4 Å². The van der Waals surface area contributed by atoms with Crippen LogP contribution in [0, 0.1) is 0 Å². The van der Waals surface area contributed by atoms with Crippen LogP contribution < -0.4 is 5.32 Å². The van der Waals surface area contributed by atoms with E-state index in [2.05, 4.69) is 5.32 Å². The van der Waals surface area contributed by atoms with E-state index in [1.54, 1.807) is 18.2 Å². The van der Waals surface area contributed by atoms with E-state index in [1.807, 2.05) is 11.0 Å². The van der Waals surface area contributed by atoms with Gasteiger partial charge in [-0.05, 0) is 24.5 Å². The van der Waals surface area contributed by atoms with E-state index >= 15 is 0 Å². The summed E-state index contributed by atoms with van der Waals surface area (Å²) in [4.78, 5) is 38.8. The van der Waals surface area contributed by atoms with Crippen molar-refractivity contribution in [2.45, 2.75) is 19.4 Å². The van der Waals surface area contributed by atoms with Gasteiger partial charge in [0.05, 0.1) is 13.1 Å². The van der Waals surface area contributed by atoms with Gasteiger partial charge in [-0.1, -0.05) is 18.2 Å². The molecular weight excluding hydrogens is 270 g/mol. The lowest BCUT2D eigenvalue weighted by Crippen LogP contribution is -2.33. The zero-order valence-corrected chi connectivity index (χ0v) is 11.7. The minimum Gasteiger partial charge on any atom is -0.339 e. The molecule has 2 aliphatic heterocycles. The molecule has 1 N–H and O–H groups in total. The smallest absolute Gasteiger partial charge is 0.324 e. The molecule has 6 heteroatoms. The Bertz CT molecular complexity index is 578. The van der Waals surface area contributed by atoms with E-state index in [4.69, 9.17) is 0 Å². The Hall–Kier alpha value is -2.37. The van der Waals surface area contributed by atoms with Gasteiger partial charge in [0.15, 0.2) is 0 Å². The van der Waals surface area contributed by atoms with Gasteiger partial charge in [0.1, 0.15) is 0 Å². The molecule has 110 valence electrons. The number of nitrogens with zero attached hydrogens (tertiary/aromatic N) is 2. The first-order valence-electron chi connectivity index (χ1n) is 7.12. The van der Waals surface area contributed by atoms with Crippen LogP contribution in [0.1, 0.15) is 28.8 Å². The molecule has 1 aromatic rings. The van der Waals surface area contributed by atoms with Crippen LogP contribution in [-0.4, -0.2) is 47.3 Å². The second-order valence-corrected chi connectivity index (χ2v) is 5.30. The number of hydrogen-bond donors (Lipinski definition) is 1. The highest BCUT2D eigenvalue weighted by molar-refractivity contribution is 6.02. The van der Waals surface area contributed by atoms with Gasteiger partial charge >= 0.3 is 6.03 Å². The number of amides is 4. The Morgan fingerprint density at radius 2 is 1.86 bits per heavy atom. The number of benzene rings is 1. The highest BCUT2D eigenvalue weighted by Gasteiger charge is 2.30. The van der Waals surface area contributed by atoms with Gasteiger partial charge < -0.3 is 10.2 Å². The molecule has 3 rings (SSSR count). The number of carbonyl (C=O) groups excluding carboxylic acids is 3. The molecule has 6 nitrogen and oxygen atoms in total. The van der Waals surface area contributed by atoms with E-state index in [-0.39, 0.29) is 24.9 Å². The van der Waals surface area contributed by atoms with Crippen molar-refractivity contribution in [1.82, 2.24) is 15.1 Å². The molecule has 0 saturated carbocycles. The second-order valence-electron chi connectivity index (χ2n) is 5.30. The quantitative estimate of drug-likeness (QED) is 0.842. The normalized spacial score (nSPS) is 18.3. The fourth-order valence-electron chi connectivity index (χ4n) is 2.74. The SMILES string of the molecule is O=C(c1ccccc1CN1C(=O)CNC1=O)N1CCCC1. The van der Waals surface area contributed by atoms with Gasteiger partial charge in [0.2, 0.25) is 5.91 Å². The summed E-state index contributed by atoms with van der Waals surface area (Å²) < 4.78 is 0. The van der Waals surface area contributed by atoms with Crippen LogP contribution in [0.15, 0.2) is 24.3 Å². The minimum atomic E-state index is -0.400. The van der Waals surface area contributed by atoms with E-state index in [0.29, 0.717) is 11.1 Å². The average molecular weight is 287 g/mol. The van der Waals surface area contributed by atoms with Crippen molar-refractivity contribution in [3.63, 3.8) is 0 Å². The van der Waals surface area contributed by atoms with Crippen LogP contribution in [0.2, 0.25) is 0 Å². The van der Waals surface area contributed by atoms with E-state index in [0.717, 1.165) is 30.8 Å². The second kappa shape index (κ2) is 5.55. The lowest BCUT2D eigenvalue weighted by atomic mass is 10.1. The van der Waals surface area contributed by atoms with Crippen LogP contribution in [0.5, 0.6) is 0 Å². The fraction of sp³-hybridized carbons (Fsp3) is 0.400. The summed E-state index contributed by atoms with van der Waals surface area (Å²) in [6, 6.07) is 6.77. The van der Waals surface area contributed by atoms with Gasteiger partial charge in [0, 0.05) is 18.7 Å². The van der Waals surface area contributed by atoms with E-state index < -0.39 is 6.03 Å². The van der Waals surface area contributed by atoms with Gasteiger partial charge in [-0.15, -0.1) is 0 Å². The minimum absolute atomic E-state index is 0.0184. The summed E-state index contributed by atoms with van der Waals surface area (Å²) >= 11 is 0. The number of hydrogen-bond acceptors (Lipinski definition) is 3. The predicted molar refractivity (Wildman–Crippen MR) is 75.5 cm³/mol. The summed E-state index contributed by atoms with van der Waals surface area (Å²) in [6.45, 7) is 1.72. The third-order valence-electron chi connectivity index (χ3n) is 3.91. The standard InChI is InChI=1S/C15H17N3O3/c19-13-9-16-15(21)18(13)10-11-5-1-2-6-12(11)14(20)17-7-3-4-8-17/h1-2,5-6H,3-4,7-10H2,(H,16,21). The number of imide groups is 1. The Labute approximate surface area is 122 Å². The Morgan fingerprint density at radius 1 is 1.14 bits per heavy atom. The van der Waals surface area contributed by atoms with Crippen molar-refractivity contribution >= 4 is 17.8 Å². The third-order valence-corrected chi connectivity index (χ3v) is 3.91. The van der Waals surface area contributed by atoms with Crippen molar-refractivity contribution in [2.75, 3.05) is 19.6 Å². The zero-order chi connectivity index (χ0) is 14.8. The first kappa shape index (κ1) is 13.6. The largest absolute Gasteiger partial charge is 0.339 e. The molecule has 0 bridgehead atoms. The molecule has 0 aromatic heterocycles. The zero-order valence-electron chi connectivity index (χ0n) is 11.7. The maximum Gasteiger partial charge on any atom is 0.324 e. The monoisotopic (exact) mass is 287 g/mol. The first-order chi connectivity index (χ1) is 10.2. The fourth-order valence-corrected chi connectivity index (χ4v) is 2.74. The van der Waals surface area contributed by atoms with Crippen molar-refractivity contribution < 1.29 is 14.4 Å². The van der Waals surface area contributed by atoms with Crippen LogP contribution in [0.4, 0.5) is 4.79 Å². The Kier molecular flexibility index (Phi) is 3.60. The maximum atomic E-state index is 12.5. The van der Waals surface area contributed by atoms with Crippen molar-refractivity contribution in [3.05, 3.63) is 35.4 Å². The number of likely N-dealkylation sites (tertiary alicyclic amines) is 1. The average Bonchev–Trinajstić information content (AvgIpc) is 3.13. The van der Waals surface area contributed by atoms with E-state index in [1.165, 1.54) is 0 Å². The Balaban J connectivity index is 1.84. The van der Waals surface area contributed by atoms with Gasteiger partial charge in [0.25, 0.3) is 5.91 Å². The van der Waals surface area contributed by atoms with Crippen LogP contribution >= 0.6 is 0 Å². The molecule has 0 unspecified atom stereocenters. The maximum absolute atomic E-state index is 12.5. The van der Waals surface area contributed by atoms with Gasteiger partial charge in [-0.25, -0.2) is 4.79 Å². The third kappa shape index (κ3) is 2.61. The predicted octanol–water partition coefficient (Wildman–Crippen LogP) is 0.974. The molecule has 0 atom stereocenters. The first-order valence-corrected chi connectivity index (χ1v) is 7.12. The molecule has 0 spiro atoms. The lowest BCUT2D eigenvalue weighted by Gasteiger charge is -2.19. The molecule has 4 amide bonds. The molecule has 2 heterocycles. The van der Waals surface area contributed by atoms with Crippen molar-refractivity contribution in [3.8, 4) is 0 Å². The summed E-state index contributed by atoms with van der Waals surface area (Å²) in [5.41, 5.74) is 1.28. The summed E-state index contributed by atoms with van der Waals surface area (Å²) in [7, 11) is 0. The molecule has 2 saturated heterocycles. The molecule has 2 fully saturated rings. The number of nitrogens with one attached hydrogen (secondary N) is 1. The van der Waals surface area contributed by atoms with Crippen LogP contribution in [0.3, 0.4) is 0 Å². The molecule has 2 aliphatic rings. The number of rotatable bonds is 3. The van der Waals surface area contributed by atoms with Crippen molar-refractivity contribution in [1.29, 1.82) is 0 Å². The molecule has 1 aromatic carbocycles.